The number of anilines is 1. The van der Waals surface area contributed by atoms with Crippen molar-refractivity contribution >= 4 is 16.7 Å². The van der Waals surface area contributed by atoms with Gasteiger partial charge in [0.1, 0.15) is 5.82 Å². The Balaban J connectivity index is 1.87. The number of ether oxygens (including phenoxy) is 1. The van der Waals surface area contributed by atoms with Crippen molar-refractivity contribution in [1.29, 1.82) is 0 Å². The van der Waals surface area contributed by atoms with E-state index in [2.05, 4.69) is 4.90 Å². The van der Waals surface area contributed by atoms with Gasteiger partial charge in [0.05, 0.1) is 31.4 Å². The van der Waals surface area contributed by atoms with Gasteiger partial charge in [0.25, 0.3) is 0 Å². The van der Waals surface area contributed by atoms with Gasteiger partial charge in [0, 0.05) is 24.0 Å². The van der Waals surface area contributed by atoms with Crippen molar-refractivity contribution in [3.05, 3.63) is 35.9 Å². The Labute approximate surface area is 130 Å². The SMILES string of the molecule is OCCO[C@@H]1CCCN(c2nc3ccccc3cc2CO)C1. The third-order valence-corrected chi connectivity index (χ3v) is 4.07. The molecule has 0 bridgehead atoms. The zero-order valence-electron chi connectivity index (χ0n) is 12.6. The molecule has 0 amide bonds. The molecule has 0 saturated carbocycles. The minimum atomic E-state index is -0.0220. The first-order chi connectivity index (χ1) is 10.8. The molecule has 118 valence electrons. The Morgan fingerprint density at radius 3 is 2.95 bits per heavy atom. The van der Waals surface area contributed by atoms with Crippen molar-refractivity contribution in [3.63, 3.8) is 0 Å². The number of piperidine rings is 1. The van der Waals surface area contributed by atoms with Gasteiger partial charge in [-0.3, -0.25) is 0 Å². The summed E-state index contributed by atoms with van der Waals surface area (Å²) in [6, 6.07) is 9.96. The summed E-state index contributed by atoms with van der Waals surface area (Å²) >= 11 is 0. The molecule has 2 aromatic rings. The maximum Gasteiger partial charge on any atom is 0.134 e. The first-order valence-corrected chi connectivity index (χ1v) is 7.78. The van der Waals surface area contributed by atoms with Crippen LogP contribution in [0, 0.1) is 0 Å². The number of aliphatic hydroxyl groups is 2. The molecule has 1 aliphatic heterocycles. The second-order valence-electron chi connectivity index (χ2n) is 5.63. The fraction of sp³-hybridized carbons (Fsp3) is 0.471. The summed E-state index contributed by atoms with van der Waals surface area (Å²) in [6.45, 7) is 2.06. The molecule has 1 aromatic carbocycles. The number of hydrogen-bond donors (Lipinski definition) is 2. The second kappa shape index (κ2) is 7.05. The average Bonchev–Trinajstić information content (AvgIpc) is 2.59. The zero-order valence-corrected chi connectivity index (χ0v) is 12.6. The van der Waals surface area contributed by atoms with Gasteiger partial charge in [0.2, 0.25) is 0 Å². The predicted octanol–water partition coefficient (Wildman–Crippen LogP) is 1.70. The standard InChI is InChI=1S/C17H22N2O3/c20-8-9-22-15-5-3-7-19(11-15)17-14(12-21)10-13-4-1-2-6-16(13)18-17/h1-2,4,6,10,15,20-21H,3,5,7-9,11-12H2/t15-/m1/s1. The molecule has 0 spiro atoms. The van der Waals surface area contributed by atoms with Crippen molar-refractivity contribution in [3.8, 4) is 0 Å². The van der Waals surface area contributed by atoms with E-state index in [9.17, 15) is 5.11 Å². The summed E-state index contributed by atoms with van der Waals surface area (Å²) in [7, 11) is 0. The summed E-state index contributed by atoms with van der Waals surface area (Å²) < 4.78 is 5.66. The number of rotatable bonds is 5. The van der Waals surface area contributed by atoms with E-state index in [1.807, 2.05) is 30.3 Å². The molecule has 3 rings (SSSR count). The Hall–Kier alpha value is -1.69. The second-order valence-corrected chi connectivity index (χ2v) is 5.63. The fourth-order valence-corrected chi connectivity index (χ4v) is 3.03. The molecule has 2 N–H and O–H groups in total. The van der Waals surface area contributed by atoms with Crippen LogP contribution in [-0.4, -0.2) is 47.6 Å². The number of nitrogens with zero attached hydrogens (tertiary/aromatic N) is 2. The van der Waals surface area contributed by atoms with Gasteiger partial charge < -0.3 is 19.8 Å². The minimum Gasteiger partial charge on any atom is -0.394 e. The number of aromatic nitrogens is 1. The topological polar surface area (TPSA) is 65.8 Å². The van der Waals surface area contributed by atoms with Crippen LogP contribution < -0.4 is 4.90 Å². The Morgan fingerprint density at radius 1 is 1.27 bits per heavy atom. The Kier molecular flexibility index (Phi) is 4.87. The molecule has 1 fully saturated rings. The van der Waals surface area contributed by atoms with Crippen molar-refractivity contribution < 1.29 is 14.9 Å². The van der Waals surface area contributed by atoms with E-state index in [1.165, 1.54) is 0 Å². The molecule has 1 aromatic heterocycles. The lowest BCUT2D eigenvalue weighted by Gasteiger charge is -2.34. The van der Waals surface area contributed by atoms with Crippen LogP contribution >= 0.6 is 0 Å². The molecular weight excluding hydrogens is 280 g/mol. The number of aliphatic hydroxyl groups excluding tert-OH is 2. The highest BCUT2D eigenvalue weighted by Gasteiger charge is 2.23. The van der Waals surface area contributed by atoms with E-state index < -0.39 is 0 Å². The number of para-hydroxylation sites is 1. The zero-order chi connectivity index (χ0) is 15.4. The van der Waals surface area contributed by atoms with Gasteiger partial charge in [-0.1, -0.05) is 18.2 Å². The predicted molar refractivity (Wildman–Crippen MR) is 85.9 cm³/mol. The summed E-state index contributed by atoms with van der Waals surface area (Å²) in [5.74, 6) is 0.846. The fourth-order valence-electron chi connectivity index (χ4n) is 3.03. The maximum absolute atomic E-state index is 9.68. The monoisotopic (exact) mass is 302 g/mol. The van der Waals surface area contributed by atoms with Gasteiger partial charge in [-0.2, -0.15) is 0 Å². The van der Waals surface area contributed by atoms with Gasteiger partial charge in [0.15, 0.2) is 0 Å². The molecule has 1 aliphatic rings. The van der Waals surface area contributed by atoms with Crippen LogP contribution in [0.25, 0.3) is 10.9 Å². The molecule has 0 unspecified atom stereocenters. The first-order valence-electron chi connectivity index (χ1n) is 7.78. The molecule has 1 atom stereocenters. The van der Waals surface area contributed by atoms with Crippen LogP contribution in [0.4, 0.5) is 5.82 Å². The smallest absolute Gasteiger partial charge is 0.134 e. The third kappa shape index (κ3) is 3.21. The van der Waals surface area contributed by atoms with E-state index in [0.29, 0.717) is 6.61 Å². The maximum atomic E-state index is 9.68. The minimum absolute atomic E-state index is 0.0220. The quantitative estimate of drug-likeness (QED) is 0.880. The highest BCUT2D eigenvalue weighted by Crippen LogP contribution is 2.27. The highest BCUT2D eigenvalue weighted by atomic mass is 16.5. The number of pyridine rings is 1. The summed E-state index contributed by atoms with van der Waals surface area (Å²) in [6.07, 6.45) is 2.13. The Morgan fingerprint density at radius 2 is 2.14 bits per heavy atom. The molecule has 5 heteroatoms. The van der Waals surface area contributed by atoms with Crippen molar-refractivity contribution in [1.82, 2.24) is 4.98 Å². The van der Waals surface area contributed by atoms with Gasteiger partial charge in [-0.25, -0.2) is 4.98 Å². The molecule has 0 aliphatic carbocycles. The van der Waals surface area contributed by atoms with Crippen LogP contribution in [0.1, 0.15) is 18.4 Å². The lowest BCUT2D eigenvalue weighted by Crippen LogP contribution is -2.41. The van der Waals surface area contributed by atoms with E-state index in [1.54, 1.807) is 0 Å². The van der Waals surface area contributed by atoms with Crippen molar-refractivity contribution in [2.45, 2.75) is 25.6 Å². The molecule has 5 nitrogen and oxygen atoms in total. The van der Waals surface area contributed by atoms with Crippen molar-refractivity contribution in [2.75, 3.05) is 31.2 Å². The molecule has 0 radical (unpaired) electrons. The molecule has 22 heavy (non-hydrogen) atoms. The largest absolute Gasteiger partial charge is 0.394 e. The summed E-state index contributed by atoms with van der Waals surface area (Å²) in [5.41, 5.74) is 1.79. The number of fused-ring (bicyclic) bond motifs is 1. The number of benzene rings is 1. The van der Waals surface area contributed by atoms with Crippen LogP contribution in [0.15, 0.2) is 30.3 Å². The highest BCUT2D eigenvalue weighted by molar-refractivity contribution is 5.81. The van der Waals surface area contributed by atoms with E-state index in [-0.39, 0.29) is 19.3 Å². The normalized spacial score (nSPS) is 18.8. The van der Waals surface area contributed by atoms with E-state index in [0.717, 1.165) is 48.2 Å². The van der Waals surface area contributed by atoms with Gasteiger partial charge in [-0.15, -0.1) is 0 Å². The average molecular weight is 302 g/mol. The molecule has 1 saturated heterocycles. The lowest BCUT2D eigenvalue weighted by atomic mass is 10.1. The van der Waals surface area contributed by atoms with Crippen LogP contribution in [0.5, 0.6) is 0 Å². The summed E-state index contributed by atoms with van der Waals surface area (Å²) in [5, 5.41) is 19.6. The van der Waals surface area contributed by atoms with Gasteiger partial charge in [-0.05, 0) is 25.0 Å². The Bertz CT molecular complexity index is 632. The van der Waals surface area contributed by atoms with Gasteiger partial charge >= 0.3 is 0 Å². The van der Waals surface area contributed by atoms with Crippen molar-refractivity contribution in [2.24, 2.45) is 0 Å². The van der Waals surface area contributed by atoms with Crippen LogP contribution in [0.3, 0.4) is 0 Å². The molecule has 2 heterocycles. The lowest BCUT2D eigenvalue weighted by molar-refractivity contribution is 0.0213. The van der Waals surface area contributed by atoms with Crippen LogP contribution in [0.2, 0.25) is 0 Å². The molecular formula is C17H22N2O3. The number of hydrogen-bond acceptors (Lipinski definition) is 5. The van der Waals surface area contributed by atoms with Crippen LogP contribution in [-0.2, 0) is 11.3 Å². The first kappa shape index (κ1) is 15.2. The van der Waals surface area contributed by atoms with E-state index in [4.69, 9.17) is 14.8 Å². The van der Waals surface area contributed by atoms with E-state index >= 15 is 0 Å². The summed E-state index contributed by atoms with van der Waals surface area (Å²) in [4.78, 5) is 6.93. The third-order valence-electron chi connectivity index (χ3n) is 4.07.